The molecular weight excluding hydrogens is 356 g/mol. The van der Waals surface area contributed by atoms with Crippen molar-refractivity contribution in [1.82, 2.24) is 4.31 Å². The van der Waals surface area contributed by atoms with E-state index >= 15 is 0 Å². The fraction of sp³-hybridized carbons (Fsp3) is 0.611. The van der Waals surface area contributed by atoms with Gasteiger partial charge in [0, 0.05) is 18.8 Å². The van der Waals surface area contributed by atoms with Gasteiger partial charge in [0.25, 0.3) is 0 Å². The molecule has 2 aliphatic rings. The van der Waals surface area contributed by atoms with Crippen LogP contribution in [0, 0.1) is 5.92 Å². The summed E-state index contributed by atoms with van der Waals surface area (Å²) in [7, 11) is -2.22. The fourth-order valence-corrected chi connectivity index (χ4v) is 4.70. The second-order valence-electron chi connectivity index (χ2n) is 6.84. The number of hydrogen-bond acceptors (Lipinski definition) is 5. The highest BCUT2D eigenvalue weighted by Gasteiger charge is 2.29. The van der Waals surface area contributed by atoms with Gasteiger partial charge in [0.2, 0.25) is 15.9 Å². The molecule has 3 rings (SSSR count). The van der Waals surface area contributed by atoms with E-state index in [0.717, 1.165) is 32.1 Å². The number of methoxy groups -OCH3 is 1. The second kappa shape index (κ2) is 8.37. The van der Waals surface area contributed by atoms with Crippen LogP contribution in [0.25, 0.3) is 0 Å². The third-order valence-electron chi connectivity index (χ3n) is 4.66. The molecule has 8 heteroatoms. The number of anilines is 1. The van der Waals surface area contributed by atoms with Gasteiger partial charge in [-0.15, -0.1) is 0 Å². The number of benzene rings is 1. The van der Waals surface area contributed by atoms with Gasteiger partial charge in [0.05, 0.1) is 13.7 Å². The van der Waals surface area contributed by atoms with E-state index < -0.39 is 10.0 Å². The highest BCUT2D eigenvalue weighted by molar-refractivity contribution is 7.89. The Morgan fingerprint density at radius 1 is 1.23 bits per heavy atom. The number of ether oxygens (including phenoxy) is 2. The molecule has 1 N–H and O–H groups in total. The number of amides is 1. The van der Waals surface area contributed by atoms with Crippen LogP contribution in [-0.2, 0) is 19.6 Å². The Morgan fingerprint density at radius 3 is 2.62 bits per heavy atom. The minimum Gasteiger partial charge on any atom is -0.495 e. The number of carbonyl (C=O) groups excluding carboxylic acids is 1. The van der Waals surface area contributed by atoms with E-state index in [4.69, 9.17) is 9.47 Å². The van der Waals surface area contributed by atoms with Crippen LogP contribution in [-0.4, -0.2) is 52.0 Å². The molecule has 0 spiro atoms. The summed E-state index contributed by atoms with van der Waals surface area (Å²) in [5.41, 5.74) is 0.418. The van der Waals surface area contributed by atoms with E-state index in [1.54, 1.807) is 12.1 Å². The average molecular weight is 382 g/mol. The van der Waals surface area contributed by atoms with Crippen molar-refractivity contribution in [2.45, 2.75) is 37.0 Å². The van der Waals surface area contributed by atoms with E-state index in [1.807, 2.05) is 0 Å². The molecule has 1 aromatic rings. The number of nitrogens with zero attached hydrogens (tertiary/aromatic N) is 1. The lowest BCUT2D eigenvalue weighted by Crippen LogP contribution is -2.35. The summed E-state index contributed by atoms with van der Waals surface area (Å²) < 4.78 is 38.0. The number of rotatable bonds is 8. The van der Waals surface area contributed by atoms with Gasteiger partial charge in [-0.25, -0.2) is 8.42 Å². The predicted molar refractivity (Wildman–Crippen MR) is 97.8 cm³/mol. The summed E-state index contributed by atoms with van der Waals surface area (Å²) in [6.45, 7) is 1.59. The maximum Gasteiger partial charge on any atom is 0.250 e. The van der Waals surface area contributed by atoms with Gasteiger partial charge in [-0.05, 0) is 49.8 Å². The molecule has 1 amide bonds. The predicted octanol–water partition coefficient (Wildman–Crippen LogP) is 2.23. The van der Waals surface area contributed by atoms with Gasteiger partial charge >= 0.3 is 0 Å². The van der Waals surface area contributed by atoms with Gasteiger partial charge in [-0.2, -0.15) is 4.31 Å². The van der Waals surface area contributed by atoms with Crippen LogP contribution in [0.1, 0.15) is 32.1 Å². The molecule has 1 aliphatic heterocycles. The minimum atomic E-state index is -3.66. The topological polar surface area (TPSA) is 84.9 Å². The highest BCUT2D eigenvalue weighted by Crippen LogP contribution is 2.31. The Kier molecular flexibility index (Phi) is 6.16. The molecule has 7 nitrogen and oxygen atoms in total. The Morgan fingerprint density at radius 2 is 1.96 bits per heavy atom. The van der Waals surface area contributed by atoms with Crippen molar-refractivity contribution in [1.29, 1.82) is 0 Å². The molecule has 1 heterocycles. The van der Waals surface area contributed by atoms with Crippen LogP contribution in [0.15, 0.2) is 23.1 Å². The molecule has 1 aromatic carbocycles. The summed E-state index contributed by atoms with van der Waals surface area (Å²) in [5, 5.41) is 2.70. The van der Waals surface area contributed by atoms with Crippen LogP contribution in [0.5, 0.6) is 5.75 Å². The maximum atomic E-state index is 13.0. The van der Waals surface area contributed by atoms with E-state index in [1.165, 1.54) is 17.5 Å². The van der Waals surface area contributed by atoms with Crippen molar-refractivity contribution in [2.24, 2.45) is 5.92 Å². The first-order valence-electron chi connectivity index (χ1n) is 9.06. The van der Waals surface area contributed by atoms with E-state index in [-0.39, 0.29) is 23.2 Å². The zero-order valence-corrected chi connectivity index (χ0v) is 15.9. The number of carbonyl (C=O) groups is 1. The van der Waals surface area contributed by atoms with Crippen LogP contribution in [0.3, 0.4) is 0 Å². The van der Waals surface area contributed by atoms with E-state index in [0.29, 0.717) is 31.3 Å². The van der Waals surface area contributed by atoms with Crippen molar-refractivity contribution in [3.63, 3.8) is 0 Å². The molecule has 1 aliphatic carbocycles. The summed E-state index contributed by atoms with van der Waals surface area (Å²) in [6, 6.07) is 4.66. The van der Waals surface area contributed by atoms with Crippen molar-refractivity contribution in [3.05, 3.63) is 18.2 Å². The molecule has 0 atom stereocenters. The van der Waals surface area contributed by atoms with Crippen LogP contribution in [0.2, 0.25) is 0 Å². The Balaban J connectivity index is 1.71. The molecule has 0 aromatic heterocycles. The summed E-state index contributed by atoms with van der Waals surface area (Å²) in [6.07, 6.45) is 5.09. The first-order chi connectivity index (χ1) is 12.5. The first-order valence-corrected chi connectivity index (χ1v) is 10.5. The molecule has 0 radical (unpaired) electrons. The first kappa shape index (κ1) is 19.1. The van der Waals surface area contributed by atoms with Crippen LogP contribution >= 0.6 is 0 Å². The van der Waals surface area contributed by atoms with E-state index in [9.17, 15) is 13.2 Å². The van der Waals surface area contributed by atoms with Gasteiger partial charge < -0.3 is 14.8 Å². The molecule has 26 heavy (non-hydrogen) atoms. The zero-order valence-electron chi connectivity index (χ0n) is 15.1. The normalized spacial score (nSPS) is 18.5. The van der Waals surface area contributed by atoms with Crippen molar-refractivity contribution in [3.8, 4) is 5.75 Å². The van der Waals surface area contributed by atoms with Gasteiger partial charge in [-0.1, -0.05) is 6.42 Å². The molecular formula is C18H26N2O5S. The Labute approximate surface area is 154 Å². The van der Waals surface area contributed by atoms with Crippen LogP contribution < -0.4 is 10.1 Å². The molecule has 1 saturated heterocycles. The molecule has 1 saturated carbocycles. The second-order valence-corrected chi connectivity index (χ2v) is 8.74. The number of sulfonamides is 1. The molecule has 144 valence electrons. The number of nitrogens with one attached hydrogen (secondary N) is 1. The van der Waals surface area contributed by atoms with Crippen molar-refractivity contribution < 1.29 is 22.7 Å². The fourth-order valence-electron chi connectivity index (χ4n) is 3.00. The minimum absolute atomic E-state index is 0.0310. The summed E-state index contributed by atoms with van der Waals surface area (Å²) in [5.74, 6) is 0.570. The number of piperidine rings is 1. The summed E-state index contributed by atoms with van der Waals surface area (Å²) >= 11 is 0. The Bertz CT molecular complexity index is 740. The quantitative estimate of drug-likeness (QED) is 0.745. The lowest BCUT2D eigenvalue weighted by molar-refractivity contribution is -0.120. The molecule has 0 bridgehead atoms. The third kappa shape index (κ3) is 4.75. The average Bonchev–Trinajstić information content (AvgIpc) is 3.47. The van der Waals surface area contributed by atoms with Gasteiger partial charge in [0.15, 0.2) is 0 Å². The highest BCUT2D eigenvalue weighted by atomic mass is 32.2. The van der Waals surface area contributed by atoms with E-state index in [2.05, 4.69) is 5.32 Å². The smallest absolute Gasteiger partial charge is 0.250 e. The lowest BCUT2D eigenvalue weighted by atomic mass is 10.2. The van der Waals surface area contributed by atoms with Crippen LogP contribution in [0.4, 0.5) is 5.69 Å². The van der Waals surface area contributed by atoms with Gasteiger partial charge in [-0.3, -0.25) is 4.79 Å². The SMILES string of the molecule is COc1ccc(NC(=O)COCC2CC2)cc1S(=O)(=O)N1CCCCC1. The van der Waals surface area contributed by atoms with Crippen molar-refractivity contribution in [2.75, 3.05) is 38.7 Å². The standard InChI is InChI=1S/C18H26N2O5S/c1-24-16-8-7-15(19-18(21)13-25-12-14-5-6-14)11-17(16)26(22,23)20-9-3-2-4-10-20/h7-8,11,14H,2-6,9-10,12-13H2,1H3,(H,19,21). The number of hydrogen-bond donors (Lipinski definition) is 1. The lowest BCUT2D eigenvalue weighted by Gasteiger charge is -2.26. The monoisotopic (exact) mass is 382 g/mol. The molecule has 2 fully saturated rings. The van der Waals surface area contributed by atoms with Crippen molar-refractivity contribution >= 4 is 21.6 Å². The summed E-state index contributed by atoms with van der Waals surface area (Å²) in [4.78, 5) is 12.1. The Hall–Kier alpha value is -1.64. The van der Waals surface area contributed by atoms with Gasteiger partial charge in [0.1, 0.15) is 17.3 Å². The third-order valence-corrected chi connectivity index (χ3v) is 6.58. The zero-order chi connectivity index (χ0) is 18.6. The largest absolute Gasteiger partial charge is 0.495 e. The molecule has 0 unspecified atom stereocenters. The maximum absolute atomic E-state index is 13.0.